The Labute approximate surface area is 206 Å². The topological polar surface area (TPSA) is 157 Å². The maximum Gasteiger partial charge on any atom is 0.187 e. The molecule has 0 aromatic carbocycles. The minimum absolute atomic E-state index is 0.101. The number of aliphatic hydroxyl groups excluding tert-OH is 6. The number of fused-ring (bicyclic) bond motifs is 3. The van der Waals surface area contributed by atoms with Crippen LogP contribution in [0.5, 0.6) is 0 Å². The van der Waals surface area contributed by atoms with Gasteiger partial charge in [0.05, 0.1) is 19.3 Å². The first-order valence-electron chi connectivity index (χ1n) is 12.8. The van der Waals surface area contributed by atoms with E-state index in [1.165, 1.54) is 5.57 Å². The molecule has 0 aromatic rings. The van der Waals surface area contributed by atoms with Crippen LogP contribution in [0.1, 0.15) is 59.8 Å². The molecule has 4 rings (SSSR count). The molecule has 2 unspecified atom stereocenters. The van der Waals surface area contributed by atoms with Crippen molar-refractivity contribution in [3.63, 3.8) is 0 Å². The summed E-state index contributed by atoms with van der Waals surface area (Å²) in [6.07, 6.45) is -3.09. The Morgan fingerprint density at radius 1 is 1.09 bits per heavy atom. The standard InChI is InChI=1S/C26H42O9/c1-24(2)17-6-5-13-9-25(3,18(30)12-28)8-7-14(13)26(17,4)10-15(29)22(24)35-23-21(33)20(32)19(31)16(11-27)34-23/h9,14,16-23,27-28,30-33H,5-8,10-12H2,1-4H3/t14-,16-,17-,18?,19-,20+,21-,22?,23+,25+,26+/m1/s1. The summed E-state index contributed by atoms with van der Waals surface area (Å²) in [5.41, 5.74) is -0.125. The number of aliphatic hydroxyl groups is 6. The number of rotatable bonds is 5. The zero-order chi connectivity index (χ0) is 25.9. The van der Waals surface area contributed by atoms with Gasteiger partial charge >= 0.3 is 0 Å². The maximum atomic E-state index is 13.6. The van der Waals surface area contributed by atoms with Gasteiger partial charge in [-0.25, -0.2) is 0 Å². The molecule has 11 atom stereocenters. The predicted molar refractivity (Wildman–Crippen MR) is 125 cm³/mol. The predicted octanol–water partition coefficient (Wildman–Crippen LogP) is 0.283. The molecule has 9 nitrogen and oxygen atoms in total. The molecule has 1 aliphatic heterocycles. The summed E-state index contributed by atoms with van der Waals surface area (Å²) in [5, 5.41) is 60.1. The van der Waals surface area contributed by atoms with Gasteiger partial charge in [-0.1, -0.05) is 39.3 Å². The highest BCUT2D eigenvalue weighted by Gasteiger charge is 2.61. The van der Waals surface area contributed by atoms with Crippen molar-refractivity contribution in [1.82, 2.24) is 0 Å². The molecule has 0 aromatic heterocycles. The fourth-order valence-electron chi connectivity index (χ4n) is 7.69. The molecule has 35 heavy (non-hydrogen) atoms. The number of carbonyl (C=O) groups is 1. The van der Waals surface area contributed by atoms with Gasteiger partial charge in [0.15, 0.2) is 12.1 Å². The third-order valence-electron chi connectivity index (χ3n) is 9.72. The summed E-state index contributed by atoms with van der Waals surface area (Å²) in [6.45, 7) is 7.30. The van der Waals surface area contributed by atoms with Crippen molar-refractivity contribution < 1.29 is 44.9 Å². The van der Waals surface area contributed by atoms with Crippen molar-refractivity contribution in [3.05, 3.63) is 11.6 Å². The minimum Gasteiger partial charge on any atom is -0.394 e. The Morgan fingerprint density at radius 3 is 2.40 bits per heavy atom. The molecule has 3 aliphatic carbocycles. The number of ketones is 1. The molecule has 0 radical (unpaired) electrons. The first kappa shape index (κ1) is 27.1. The molecule has 0 spiro atoms. The van der Waals surface area contributed by atoms with Crippen molar-refractivity contribution in [2.24, 2.45) is 28.1 Å². The zero-order valence-corrected chi connectivity index (χ0v) is 21.1. The van der Waals surface area contributed by atoms with E-state index >= 15 is 0 Å². The number of hydrogen-bond acceptors (Lipinski definition) is 9. The molecule has 200 valence electrons. The average molecular weight is 499 g/mol. The first-order chi connectivity index (χ1) is 16.3. The van der Waals surface area contributed by atoms with Crippen molar-refractivity contribution in [2.45, 2.75) is 103 Å². The van der Waals surface area contributed by atoms with Crippen molar-refractivity contribution in [3.8, 4) is 0 Å². The van der Waals surface area contributed by atoms with E-state index in [1.54, 1.807) is 0 Å². The van der Waals surface area contributed by atoms with Gasteiger partial charge in [0, 0.05) is 17.3 Å². The molecule has 6 N–H and O–H groups in total. The van der Waals surface area contributed by atoms with Gasteiger partial charge in [0.25, 0.3) is 0 Å². The number of carbonyl (C=O) groups excluding carboxylic acids is 1. The Bertz CT molecular complexity index is 841. The normalized spacial score (nSPS) is 48.5. The van der Waals surface area contributed by atoms with Crippen LogP contribution in [0.25, 0.3) is 0 Å². The fraction of sp³-hybridized carbons (Fsp3) is 0.885. The number of allylic oxidation sites excluding steroid dienone is 1. The second-order valence-corrected chi connectivity index (χ2v) is 12.3. The van der Waals surface area contributed by atoms with Crippen LogP contribution in [-0.4, -0.2) is 92.5 Å². The molecule has 2 saturated carbocycles. The van der Waals surface area contributed by atoms with Crippen LogP contribution in [0.3, 0.4) is 0 Å². The molecule has 0 amide bonds. The highest BCUT2D eigenvalue weighted by molar-refractivity contribution is 5.86. The summed E-state index contributed by atoms with van der Waals surface area (Å²) < 4.78 is 11.6. The fourth-order valence-corrected chi connectivity index (χ4v) is 7.69. The van der Waals surface area contributed by atoms with E-state index < -0.39 is 60.4 Å². The van der Waals surface area contributed by atoms with Gasteiger partial charge in [-0.3, -0.25) is 4.79 Å². The lowest BCUT2D eigenvalue weighted by molar-refractivity contribution is -0.320. The Kier molecular flexibility index (Phi) is 7.32. The Hall–Kier alpha value is -0.910. The number of Topliss-reactive ketones (excluding diaryl/α,β-unsaturated/α-hetero) is 1. The third-order valence-corrected chi connectivity index (χ3v) is 9.72. The monoisotopic (exact) mass is 498 g/mol. The first-order valence-corrected chi connectivity index (χ1v) is 12.8. The lowest BCUT2D eigenvalue weighted by Crippen LogP contribution is -2.64. The lowest BCUT2D eigenvalue weighted by Gasteiger charge is -2.61. The van der Waals surface area contributed by atoms with Crippen LogP contribution in [0.4, 0.5) is 0 Å². The molecule has 1 saturated heterocycles. The smallest absolute Gasteiger partial charge is 0.187 e. The van der Waals surface area contributed by atoms with E-state index in [-0.39, 0.29) is 29.6 Å². The molecule has 9 heteroatoms. The van der Waals surface area contributed by atoms with Gasteiger partial charge in [-0.15, -0.1) is 0 Å². The van der Waals surface area contributed by atoms with Gasteiger partial charge in [0.1, 0.15) is 30.5 Å². The highest BCUT2D eigenvalue weighted by Crippen LogP contribution is 2.63. The Balaban J connectivity index is 1.58. The summed E-state index contributed by atoms with van der Waals surface area (Å²) >= 11 is 0. The molecular formula is C26H42O9. The third kappa shape index (κ3) is 4.32. The SMILES string of the molecule is CC1(C)C(O[C@@H]2O[C@H](CO)[C@@H](O)[C@H](O)[C@H]2O)C(=O)C[C@@]2(C)[C@@H]3CC[C@](C)(C(O)CO)C=C3CC[C@H]12. The molecule has 1 heterocycles. The van der Waals surface area contributed by atoms with E-state index in [1.807, 2.05) is 20.8 Å². The zero-order valence-electron chi connectivity index (χ0n) is 21.1. The molecule has 4 aliphatic rings. The van der Waals surface area contributed by atoms with E-state index in [9.17, 15) is 35.4 Å². The lowest BCUT2D eigenvalue weighted by atomic mass is 9.44. The second kappa shape index (κ2) is 9.44. The van der Waals surface area contributed by atoms with Crippen molar-refractivity contribution in [2.75, 3.05) is 13.2 Å². The summed E-state index contributed by atoms with van der Waals surface area (Å²) in [5.74, 6) is 0.226. The second-order valence-electron chi connectivity index (χ2n) is 12.3. The van der Waals surface area contributed by atoms with E-state index in [4.69, 9.17) is 9.47 Å². The minimum atomic E-state index is -1.56. The van der Waals surface area contributed by atoms with Crippen LogP contribution in [-0.2, 0) is 14.3 Å². The van der Waals surface area contributed by atoms with Crippen LogP contribution < -0.4 is 0 Å². The van der Waals surface area contributed by atoms with Crippen molar-refractivity contribution in [1.29, 1.82) is 0 Å². The summed E-state index contributed by atoms with van der Waals surface area (Å²) in [4.78, 5) is 13.6. The number of hydrogen-bond donors (Lipinski definition) is 6. The van der Waals surface area contributed by atoms with Crippen LogP contribution in [0, 0.1) is 28.1 Å². The quantitative estimate of drug-likeness (QED) is 0.231. The van der Waals surface area contributed by atoms with Gasteiger partial charge in [-0.2, -0.15) is 0 Å². The van der Waals surface area contributed by atoms with E-state index in [0.717, 1.165) is 25.7 Å². The van der Waals surface area contributed by atoms with Crippen molar-refractivity contribution >= 4 is 5.78 Å². The Morgan fingerprint density at radius 2 is 1.77 bits per heavy atom. The summed E-state index contributed by atoms with van der Waals surface area (Å²) in [7, 11) is 0. The molecule has 0 bridgehead atoms. The van der Waals surface area contributed by atoms with Crippen LogP contribution in [0.2, 0.25) is 0 Å². The molecule has 3 fully saturated rings. The largest absolute Gasteiger partial charge is 0.394 e. The average Bonchev–Trinajstić information content (AvgIpc) is 2.80. The molecular weight excluding hydrogens is 456 g/mol. The van der Waals surface area contributed by atoms with E-state index in [2.05, 4.69) is 13.0 Å². The van der Waals surface area contributed by atoms with Gasteiger partial charge < -0.3 is 40.1 Å². The summed E-state index contributed by atoms with van der Waals surface area (Å²) in [6, 6.07) is 0. The van der Waals surface area contributed by atoms with Gasteiger partial charge in [0.2, 0.25) is 0 Å². The van der Waals surface area contributed by atoms with Crippen LogP contribution >= 0.6 is 0 Å². The highest BCUT2D eigenvalue weighted by atomic mass is 16.7. The maximum absolute atomic E-state index is 13.6. The van der Waals surface area contributed by atoms with E-state index in [0.29, 0.717) is 6.42 Å². The van der Waals surface area contributed by atoms with Gasteiger partial charge in [-0.05, 0) is 42.9 Å². The van der Waals surface area contributed by atoms with Crippen LogP contribution in [0.15, 0.2) is 11.6 Å². The number of ether oxygens (including phenoxy) is 2.